The highest BCUT2D eigenvalue weighted by molar-refractivity contribution is 8.18. The van der Waals surface area contributed by atoms with Gasteiger partial charge in [0, 0.05) is 7.11 Å². The summed E-state index contributed by atoms with van der Waals surface area (Å²) in [5.41, 5.74) is 1.52. The minimum absolute atomic E-state index is 0.129. The maximum atomic E-state index is 13.0. The lowest BCUT2D eigenvalue weighted by atomic mass is 10.1. The van der Waals surface area contributed by atoms with Crippen LogP contribution in [-0.4, -0.2) is 50.0 Å². The van der Waals surface area contributed by atoms with Gasteiger partial charge in [-0.3, -0.25) is 9.69 Å². The molecule has 0 bridgehead atoms. The zero-order chi connectivity index (χ0) is 21.5. The normalized spacial score (nSPS) is 16.5. The number of para-hydroxylation sites is 1. The number of amidine groups is 1. The standard InChI is InChI=1S/C22H23ClN2O4S/c1-4-29-20-17(23)12-15(13-18(20)28-3)14-19-21(26)25(10-11-27-2)22(30-19)24-16-8-6-5-7-9-16/h5-9,12-14H,4,10-11H2,1-3H3/b19-14+,24-22?. The van der Waals surface area contributed by atoms with Crippen molar-refractivity contribution in [2.75, 3.05) is 34.0 Å². The van der Waals surface area contributed by atoms with Crippen molar-refractivity contribution in [1.82, 2.24) is 4.90 Å². The van der Waals surface area contributed by atoms with Crippen molar-refractivity contribution < 1.29 is 19.0 Å². The Morgan fingerprint density at radius 3 is 2.63 bits per heavy atom. The number of benzene rings is 2. The second-order valence-corrected chi connectivity index (χ2v) is 7.67. The van der Waals surface area contributed by atoms with E-state index in [1.165, 1.54) is 11.8 Å². The first-order valence-corrected chi connectivity index (χ1v) is 10.6. The Morgan fingerprint density at radius 1 is 1.20 bits per heavy atom. The SMILES string of the molecule is CCOc1c(Cl)cc(/C=C2/SC(=Nc3ccccc3)N(CCOC)C2=O)cc1OC. The number of aliphatic imine (C=N–C) groups is 1. The molecular weight excluding hydrogens is 424 g/mol. The lowest BCUT2D eigenvalue weighted by Crippen LogP contribution is -2.32. The Labute approximate surface area is 185 Å². The Hall–Kier alpha value is -2.48. The Balaban J connectivity index is 1.95. The summed E-state index contributed by atoms with van der Waals surface area (Å²) in [4.78, 5) is 19.8. The quantitative estimate of drug-likeness (QED) is 0.534. The van der Waals surface area contributed by atoms with Gasteiger partial charge in [-0.2, -0.15) is 0 Å². The summed E-state index contributed by atoms with van der Waals surface area (Å²) in [5, 5.41) is 1.03. The molecule has 0 N–H and O–H groups in total. The van der Waals surface area contributed by atoms with Gasteiger partial charge in [0.25, 0.3) is 5.91 Å². The van der Waals surface area contributed by atoms with Crippen LogP contribution < -0.4 is 9.47 Å². The number of rotatable bonds is 8. The van der Waals surface area contributed by atoms with Gasteiger partial charge in [0.15, 0.2) is 16.7 Å². The third kappa shape index (κ3) is 5.16. The highest BCUT2D eigenvalue weighted by Gasteiger charge is 2.33. The minimum Gasteiger partial charge on any atom is -0.493 e. The molecule has 8 heteroatoms. The molecular formula is C22H23ClN2O4S. The fourth-order valence-corrected chi connectivity index (χ4v) is 4.14. The average Bonchev–Trinajstić information content (AvgIpc) is 3.03. The fraction of sp³-hybridized carbons (Fsp3) is 0.273. The van der Waals surface area contributed by atoms with Gasteiger partial charge in [0.05, 0.1) is 42.5 Å². The second kappa shape index (κ2) is 10.5. The Bertz CT molecular complexity index is 963. The molecule has 3 rings (SSSR count). The van der Waals surface area contributed by atoms with E-state index in [9.17, 15) is 4.79 Å². The van der Waals surface area contributed by atoms with Crippen LogP contribution in [0.5, 0.6) is 11.5 Å². The van der Waals surface area contributed by atoms with Crippen molar-refractivity contribution in [3.63, 3.8) is 0 Å². The molecule has 0 aromatic heterocycles. The molecule has 1 aliphatic heterocycles. The Morgan fingerprint density at radius 2 is 1.97 bits per heavy atom. The van der Waals surface area contributed by atoms with E-state index in [1.807, 2.05) is 37.3 Å². The predicted octanol–water partition coefficient (Wildman–Crippen LogP) is 5.00. The van der Waals surface area contributed by atoms with Gasteiger partial charge in [-0.05, 0) is 54.6 Å². The number of hydrogen-bond acceptors (Lipinski definition) is 6. The highest BCUT2D eigenvalue weighted by atomic mass is 35.5. The zero-order valence-electron chi connectivity index (χ0n) is 17.1. The predicted molar refractivity (Wildman–Crippen MR) is 122 cm³/mol. The van der Waals surface area contributed by atoms with Crippen LogP contribution in [0.2, 0.25) is 5.02 Å². The first-order valence-electron chi connectivity index (χ1n) is 9.41. The molecule has 6 nitrogen and oxygen atoms in total. The number of nitrogens with zero attached hydrogens (tertiary/aromatic N) is 2. The molecule has 30 heavy (non-hydrogen) atoms. The summed E-state index contributed by atoms with van der Waals surface area (Å²) in [6.45, 7) is 3.18. The number of ether oxygens (including phenoxy) is 3. The molecule has 158 valence electrons. The molecule has 0 spiro atoms. The number of thioether (sulfide) groups is 1. The molecule has 0 radical (unpaired) electrons. The number of halogens is 1. The number of amides is 1. The Kier molecular flexibility index (Phi) is 7.79. The van der Waals surface area contributed by atoms with Crippen molar-refractivity contribution in [3.05, 3.63) is 58.0 Å². The molecule has 0 atom stereocenters. The summed E-state index contributed by atoms with van der Waals surface area (Å²) in [6.07, 6.45) is 1.78. The van der Waals surface area contributed by atoms with Crippen molar-refractivity contribution >= 4 is 46.2 Å². The number of carbonyl (C=O) groups is 1. The minimum atomic E-state index is -0.129. The first kappa shape index (κ1) is 22.2. The van der Waals surface area contributed by atoms with Crippen molar-refractivity contribution in [2.24, 2.45) is 4.99 Å². The molecule has 1 saturated heterocycles. The number of methoxy groups -OCH3 is 2. The van der Waals surface area contributed by atoms with Crippen LogP contribution in [0.1, 0.15) is 12.5 Å². The number of carbonyl (C=O) groups excluding carboxylic acids is 1. The molecule has 1 aliphatic rings. The lowest BCUT2D eigenvalue weighted by molar-refractivity contribution is -0.122. The van der Waals surface area contributed by atoms with E-state index in [2.05, 4.69) is 4.99 Å². The van der Waals surface area contributed by atoms with E-state index in [0.717, 1.165) is 11.3 Å². The van der Waals surface area contributed by atoms with Crippen molar-refractivity contribution in [1.29, 1.82) is 0 Å². The molecule has 2 aromatic carbocycles. The molecule has 2 aromatic rings. The van der Waals surface area contributed by atoms with E-state index >= 15 is 0 Å². The van der Waals surface area contributed by atoms with Gasteiger partial charge in [-0.1, -0.05) is 29.8 Å². The smallest absolute Gasteiger partial charge is 0.266 e. The molecule has 1 heterocycles. The summed E-state index contributed by atoms with van der Waals surface area (Å²) < 4.78 is 16.1. The molecule has 0 unspecified atom stereocenters. The fourth-order valence-electron chi connectivity index (χ4n) is 2.84. The topological polar surface area (TPSA) is 60.4 Å². The molecule has 0 aliphatic carbocycles. The van der Waals surface area contributed by atoms with E-state index in [-0.39, 0.29) is 5.91 Å². The highest BCUT2D eigenvalue weighted by Crippen LogP contribution is 2.39. The maximum absolute atomic E-state index is 13.0. The van der Waals surface area contributed by atoms with E-state index in [0.29, 0.717) is 46.4 Å². The van der Waals surface area contributed by atoms with Crippen molar-refractivity contribution in [3.8, 4) is 11.5 Å². The van der Waals surface area contributed by atoms with E-state index in [1.54, 1.807) is 37.3 Å². The van der Waals surface area contributed by atoms with Crippen LogP contribution in [0.15, 0.2) is 52.4 Å². The van der Waals surface area contributed by atoms with Crippen LogP contribution in [0, 0.1) is 0 Å². The summed E-state index contributed by atoms with van der Waals surface area (Å²) in [6, 6.07) is 13.1. The third-order valence-corrected chi connectivity index (χ3v) is 5.51. The zero-order valence-corrected chi connectivity index (χ0v) is 18.6. The molecule has 1 fully saturated rings. The van der Waals surface area contributed by atoms with Gasteiger partial charge in [-0.25, -0.2) is 4.99 Å². The van der Waals surface area contributed by atoms with Crippen molar-refractivity contribution in [2.45, 2.75) is 6.92 Å². The van der Waals surface area contributed by atoms with E-state index in [4.69, 9.17) is 25.8 Å². The third-order valence-electron chi connectivity index (χ3n) is 4.23. The summed E-state index contributed by atoms with van der Waals surface area (Å²) >= 11 is 7.69. The van der Waals surface area contributed by atoms with Gasteiger partial charge < -0.3 is 14.2 Å². The van der Waals surface area contributed by atoms with Crippen LogP contribution >= 0.6 is 23.4 Å². The van der Waals surface area contributed by atoms with Gasteiger partial charge >= 0.3 is 0 Å². The van der Waals surface area contributed by atoms with Crippen LogP contribution in [0.25, 0.3) is 6.08 Å². The van der Waals surface area contributed by atoms with Crippen LogP contribution in [-0.2, 0) is 9.53 Å². The van der Waals surface area contributed by atoms with Crippen LogP contribution in [0.3, 0.4) is 0 Å². The van der Waals surface area contributed by atoms with Crippen LogP contribution in [0.4, 0.5) is 5.69 Å². The molecule has 0 saturated carbocycles. The van der Waals surface area contributed by atoms with Gasteiger partial charge in [-0.15, -0.1) is 0 Å². The molecule has 1 amide bonds. The second-order valence-electron chi connectivity index (χ2n) is 6.26. The number of hydrogen-bond donors (Lipinski definition) is 0. The average molecular weight is 447 g/mol. The van der Waals surface area contributed by atoms with Gasteiger partial charge in [0.2, 0.25) is 0 Å². The first-order chi connectivity index (χ1) is 14.6. The lowest BCUT2D eigenvalue weighted by Gasteiger charge is -2.14. The van der Waals surface area contributed by atoms with Gasteiger partial charge in [0.1, 0.15) is 0 Å². The largest absolute Gasteiger partial charge is 0.493 e. The summed E-state index contributed by atoms with van der Waals surface area (Å²) in [5.74, 6) is 0.874. The monoisotopic (exact) mass is 446 g/mol. The van der Waals surface area contributed by atoms with E-state index < -0.39 is 0 Å². The maximum Gasteiger partial charge on any atom is 0.266 e. The summed E-state index contributed by atoms with van der Waals surface area (Å²) in [7, 11) is 3.16.